The molecule has 5 heteroatoms. The van der Waals surface area contributed by atoms with Crippen LogP contribution in [0.25, 0.3) is 0 Å². The molecule has 1 aromatic heterocycles. The summed E-state index contributed by atoms with van der Waals surface area (Å²) in [4.78, 5) is 12.2. The minimum atomic E-state index is -0.0977. The molecule has 20 heavy (non-hydrogen) atoms. The number of hydrogen-bond donors (Lipinski definition) is 2. The molecule has 0 radical (unpaired) electrons. The molecule has 1 aliphatic rings. The molecule has 0 saturated carbocycles. The number of piperidine rings is 1. The van der Waals surface area contributed by atoms with Crippen LogP contribution in [-0.2, 0) is 5.54 Å². The van der Waals surface area contributed by atoms with Gasteiger partial charge in [-0.15, -0.1) is 0 Å². The maximum absolute atomic E-state index is 12.2. The Hall–Kier alpha value is -1.36. The SMILES string of the molecule is CC1(CNC(=O)c2cnn(C(C)(C)C)c2)CCNCC1. The summed E-state index contributed by atoms with van der Waals surface area (Å²) < 4.78 is 1.83. The van der Waals surface area contributed by atoms with E-state index in [2.05, 4.69) is 43.4 Å². The molecule has 1 saturated heterocycles. The first-order valence-corrected chi connectivity index (χ1v) is 7.34. The summed E-state index contributed by atoms with van der Waals surface area (Å²) in [5.74, 6) is -0.0275. The number of aromatic nitrogens is 2. The first kappa shape index (κ1) is 15.0. The smallest absolute Gasteiger partial charge is 0.254 e. The van der Waals surface area contributed by atoms with Gasteiger partial charge in [0.05, 0.1) is 17.3 Å². The van der Waals surface area contributed by atoms with E-state index in [-0.39, 0.29) is 16.9 Å². The maximum Gasteiger partial charge on any atom is 0.254 e. The van der Waals surface area contributed by atoms with Crippen LogP contribution in [-0.4, -0.2) is 35.3 Å². The third kappa shape index (κ3) is 3.60. The fraction of sp³-hybridized carbons (Fsp3) is 0.733. The standard InChI is InChI=1S/C15H26N4O/c1-14(2,3)19-10-12(9-18-19)13(20)17-11-15(4)5-7-16-8-6-15/h9-10,16H,5-8,11H2,1-4H3,(H,17,20). The maximum atomic E-state index is 12.2. The predicted octanol–water partition coefficient (Wildman–Crippen LogP) is 1.76. The molecule has 1 fully saturated rings. The average Bonchev–Trinajstić information content (AvgIpc) is 2.86. The van der Waals surface area contributed by atoms with Gasteiger partial charge in [-0.1, -0.05) is 6.92 Å². The van der Waals surface area contributed by atoms with Crippen molar-refractivity contribution in [1.82, 2.24) is 20.4 Å². The van der Waals surface area contributed by atoms with Gasteiger partial charge in [-0.05, 0) is 52.1 Å². The highest BCUT2D eigenvalue weighted by Gasteiger charge is 2.27. The molecule has 0 aromatic carbocycles. The largest absolute Gasteiger partial charge is 0.351 e. The lowest BCUT2D eigenvalue weighted by Gasteiger charge is -2.34. The Balaban J connectivity index is 1.93. The van der Waals surface area contributed by atoms with Crippen molar-refractivity contribution in [3.63, 3.8) is 0 Å². The van der Waals surface area contributed by atoms with Crippen LogP contribution in [0.4, 0.5) is 0 Å². The zero-order chi connectivity index (χ0) is 14.8. The quantitative estimate of drug-likeness (QED) is 0.885. The van der Waals surface area contributed by atoms with Gasteiger partial charge in [0.2, 0.25) is 0 Å². The highest BCUT2D eigenvalue weighted by Crippen LogP contribution is 2.26. The first-order valence-electron chi connectivity index (χ1n) is 7.34. The molecule has 0 unspecified atom stereocenters. The van der Waals surface area contributed by atoms with Crippen LogP contribution in [0.15, 0.2) is 12.4 Å². The lowest BCUT2D eigenvalue weighted by molar-refractivity contribution is 0.0922. The van der Waals surface area contributed by atoms with Gasteiger partial charge in [-0.2, -0.15) is 5.10 Å². The molecule has 5 nitrogen and oxygen atoms in total. The van der Waals surface area contributed by atoms with Crippen LogP contribution < -0.4 is 10.6 Å². The number of hydrogen-bond acceptors (Lipinski definition) is 3. The van der Waals surface area contributed by atoms with Crippen LogP contribution in [0.3, 0.4) is 0 Å². The van der Waals surface area contributed by atoms with Gasteiger partial charge in [0.25, 0.3) is 5.91 Å². The highest BCUT2D eigenvalue weighted by molar-refractivity contribution is 5.93. The zero-order valence-corrected chi connectivity index (χ0v) is 13.0. The molecule has 0 bridgehead atoms. The van der Waals surface area contributed by atoms with E-state index in [1.807, 2.05) is 10.9 Å². The van der Waals surface area contributed by atoms with Crippen molar-refractivity contribution in [2.24, 2.45) is 5.41 Å². The second kappa shape index (κ2) is 5.56. The lowest BCUT2D eigenvalue weighted by Crippen LogP contribution is -2.42. The molecule has 0 aliphatic carbocycles. The lowest BCUT2D eigenvalue weighted by atomic mass is 9.81. The molecule has 2 N–H and O–H groups in total. The van der Waals surface area contributed by atoms with Crippen molar-refractivity contribution < 1.29 is 4.79 Å². The van der Waals surface area contributed by atoms with Crippen LogP contribution in [0, 0.1) is 5.41 Å². The van der Waals surface area contributed by atoms with E-state index in [4.69, 9.17) is 0 Å². The van der Waals surface area contributed by atoms with Crippen molar-refractivity contribution in [1.29, 1.82) is 0 Å². The second-order valence-corrected chi connectivity index (χ2v) is 7.09. The van der Waals surface area contributed by atoms with Crippen molar-refractivity contribution in [3.8, 4) is 0 Å². The van der Waals surface area contributed by atoms with Gasteiger partial charge in [0.15, 0.2) is 0 Å². The number of nitrogens with one attached hydrogen (secondary N) is 2. The molecule has 1 aromatic rings. The Morgan fingerprint density at radius 3 is 2.65 bits per heavy atom. The molecule has 0 atom stereocenters. The molecule has 2 rings (SSSR count). The summed E-state index contributed by atoms with van der Waals surface area (Å²) in [7, 11) is 0. The van der Waals surface area contributed by atoms with E-state index in [0.717, 1.165) is 32.5 Å². The van der Waals surface area contributed by atoms with Crippen molar-refractivity contribution in [2.45, 2.75) is 46.1 Å². The van der Waals surface area contributed by atoms with Crippen molar-refractivity contribution >= 4 is 5.91 Å². The minimum Gasteiger partial charge on any atom is -0.351 e. The van der Waals surface area contributed by atoms with E-state index in [1.54, 1.807) is 6.20 Å². The van der Waals surface area contributed by atoms with E-state index in [1.165, 1.54) is 0 Å². The monoisotopic (exact) mass is 278 g/mol. The van der Waals surface area contributed by atoms with Gasteiger partial charge in [-0.3, -0.25) is 9.48 Å². The summed E-state index contributed by atoms with van der Waals surface area (Å²) in [5.41, 5.74) is 0.748. The number of nitrogens with zero attached hydrogens (tertiary/aromatic N) is 2. The van der Waals surface area contributed by atoms with Gasteiger partial charge in [0, 0.05) is 12.7 Å². The van der Waals surface area contributed by atoms with Gasteiger partial charge >= 0.3 is 0 Å². The predicted molar refractivity (Wildman–Crippen MR) is 79.8 cm³/mol. The van der Waals surface area contributed by atoms with E-state index < -0.39 is 0 Å². The number of rotatable bonds is 3. The molecular weight excluding hydrogens is 252 g/mol. The number of carbonyl (C=O) groups is 1. The van der Waals surface area contributed by atoms with Crippen LogP contribution >= 0.6 is 0 Å². The minimum absolute atomic E-state index is 0.0275. The summed E-state index contributed by atoms with van der Waals surface area (Å²) in [6, 6.07) is 0. The summed E-state index contributed by atoms with van der Waals surface area (Å²) in [6.45, 7) is 11.2. The van der Waals surface area contributed by atoms with E-state index in [0.29, 0.717) is 5.56 Å². The average molecular weight is 278 g/mol. The fourth-order valence-electron chi connectivity index (χ4n) is 2.41. The van der Waals surface area contributed by atoms with E-state index >= 15 is 0 Å². The van der Waals surface area contributed by atoms with Crippen LogP contribution in [0.2, 0.25) is 0 Å². The van der Waals surface area contributed by atoms with Crippen LogP contribution in [0.1, 0.15) is 50.9 Å². The van der Waals surface area contributed by atoms with E-state index in [9.17, 15) is 4.79 Å². The highest BCUT2D eigenvalue weighted by atomic mass is 16.1. The van der Waals surface area contributed by atoms with Gasteiger partial charge in [-0.25, -0.2) is 0 Å². The van der Waals surface area contributed by atoms with Gasteiger partial charge < -0.3 is 10.6 Å². The Kier molecular flexibility index (Phi) is 4.18. The first-order chi connectivity index (χ1) is 9.30. The molecule has 2 heterocycles. The zero-order valence-electron chi connectivity index (χ0n) is 13.0. The Bertz CT molecular complexity index is 466. The summed E-state index contributed by atoms with van der Waals surface area (Å²) in [5, 5.41) is 10.7. The summed E-state index contributed by atoms with van der Waals surface area (Å²) in [6.07, 6.45) is 5.68. The van der Waals surface area contributed by atoms with Crippen LogP contribution in [0.5, 0.6) is 0 Å². The topological polar surface area (TPSA) is 59.0 Å². The van der Waals surface area contributed by atoms with Crippen molar-refractivity contribution in [2.75, 3.05) is 19.6 Å². The Morgan fingerprint density at radius 2 is 2.10 bits per heavy atom. The number of carbonyl (C=O) groups excluding carboxylic acids is 1. The van der Waals surface area contributed by atoms with Crippen molar-refractivity contribution in [3.05, 3.63) is 18.0 Å². The fourth-order valence-corrected chi connectivity index (χ4v) is 2.41. The number of amides is 1. The third-order valence-electron chi connectivity index (χ3n) is 4.02. The normalized spacial score (nSPS) is 18.8. The second-order valence-electron chi connectivity index (χ2n) is 7.09. The Labute approximate surface area is 121 Å². The summed E-state index contributed by atoms with van der Waals surface area (Å²) >= 11 is 0. The third-order valence-corrected chi connectivity index (χ3v) is 4.02. The Morgan fingerprint density at radius 1 is 1.45 bits per heavy atom. The molecule has 0 spiro atoms. The molecule has 1 amide bonds. The van der Waals surface area contributed by atoms with Gasteiger partial charge in [0.1, 0.15) is 0 Å². The molecular formula is C15H26N4O. The molecule has 1 aliphatic heterocycles. The molecule has 112 valence electrons.